The molecule has 1 saturated heterocycles. The van der Waals surface area contributed by atoms with Gasteiger partial charge in [-0.25, -0.2) is 5.01 Å². The molecule has 45 heavy (non-hydrogen) atoms. The first-order chi connectivity index (χ1) is 21.7. The van der Waals surface area contributed by atoms with E-state index in [2.05, 4.69) is 4.90 Å². The second-order valence-corrected chi connectivity index (χ2v) is 10.8. The van der Waals surface area contributed by atoms with Crippen LogP contribution in [0.4, 0.5) is 13.2 Å². The number of nitrogens with zero attached hydrogens (tertiary/aromatic N) is 4. The number of morpholine rings is 1. The van der Waals surface area contributed by atoms with Crippen molar-refractivity contribution in [3.63, 3.8) is 0 Å². The van der Waals surface area contributed by atoms with Crippen LogP contribution in [0.2, 0.25) is 0 Å². The van der Waals surface area contributed by atoms with Gasteiger partial charge in [0.1, 0.15) is 18.0 Å². The van der Waals surface area contributed by atoms with Crippen LogP contribution < -0.4 is 9.47 Å². The summed E-state index contributed by atoms with van der Waals surface area (Å²) in [4.78, 5) is 31.2. The molecule has 1 fully saturated rings. The maximum Gasteiger partial charge on any atom is 0.416 e. The number of benzene rings is 3. The average molecular weight is 625 g/mol. The quantitative estimate of drug-likeness (QED) is 0.320. The van der Waals surface area contributed by atoms with Crippen LogP contribution in [0.15, 0.2) is 77.9 Å². The van der Waals surface area contributed by atoms with E-state index in [9.17, 15) is 22.8 Å². The highest BCUT2D eigenvalue weighted by Gasteiger charge is 2.35. The van der Waals surface area contributed by atoms with Crippen molar-refractivity contribution in [3.05, 3.63) is 95.1 Å². The number of halogens is 3. The van der Waals surface area contributed by atoms with E-state index in [0.717, 1.165) is 35.4 Å². The first-order valence-corrected chi connectivity index (χ1v) is 14.6. The first-order valence-electron chi connectivity index (χ1n) is 14.6. The van der Waals surface area contributed by atoms with Crippen molar-refractivity contribution >= 4 is 17.5 Å². The molecule has 0 saturated carbocycles. The van der Waals surface area contributed by atoms with E-state index < -0.39 is 29.6 Å². The number of amides is 2. The second kappa shape index (κ2) is 14.1. The van der Waals surface area contributed by atoms with Crippen LogP contribution in [-0.4, -0.2) is 92.5 Å². The molecule has 3 aromatic rings. The predicted octanol–water partition coefficient (Wildman–Crippen LogP) is 4.87. The van der Waals surface area contributed by atoms with E-state index in [1.54, 1.807) is 14.2 Å². The molecular weight excluding hydrogens is 589 g/mol. The van der Waals surface area contributed by atoms with Gasteiger partial charge in [-0.15, -0.1) is 0 Å². The lowest BCUT2D eigenvalue weighted by molar-refractivity contribution is -0.137. The van der Waals surface area contributed by atoms with Crippen molar-refractivity contribution in [2.24, 2.45) is 5.10 Å². The van der Waals surface area contributed by atoms with E-state index in [-0.39, 0.29) is 18.7 Å². The SMILES string of the molecule is COc1ccc(C2=NN(C(=O)CN(CCN3CCOCC3)C(=O)c3ccc(C(F)(F)F)cc3)[C@@H](c3ccc(OC)cc3)C2)cc1. The van der Waals surface area contributed by atoms with Crippen molar-refractivity contribution in [3.8, 4) is 11.5 Å². The number of ether oxygens (including phenoxy) is 3. The van der Waals surface area contributed by atoms with Crippen molar-refractivity contribution in [2.75, 3.05) is 60.2 Å². The lowest BCUT2D eigenvalue weighted by Gasteiger charge is -2.31. The largest absolute Gasteiger partial charge is 0.497 e. The Labute approximate surface area is 259 Å². The molecule has 0 aliphatic carbocycles. The first kappa shape index (κ1) is 32.0. The zero-order valence-corrected chi connectivity index (χ0v) is 25.1. The summed E-state index contributed by atoms with van der Waals surface area (Å²) in [5.74, 6) is 0.406. The Bertz CT molecular complexity index is 1490. The van der Waals surface area contributed by atoms with Gasteiger partial charge in [0.15, 0.2) is 0 Å². The van der Waals surface area contributed by atoms with Crippen molar-refractivity contribution in [1.29, 1.82) is 0 Å². The summed E-state index contributed by atoms with van der Waals surface area (Å²) in [5.41, 5.74) is 1.57. The molecule has 12 heteroatoms. The molecule has 1 atom stereocenters. The molecule has 238 valence electrons. The smallest absolute Gasteiger partial charge is 0.416 e. The molecule has 3 aromatic carbocycles. The van der Waals surface area contributed by atoms with Gasteiger partial charge < -0.3 is 19.1 Å². The van der Waals surface area contributed by atoms with Gasteiger partial charge >= 0.3 is 6.18 Å². The molecule has 2 aliphatic rings. The van der Waals surface area contributed by atoms with Gasteiger partial charge in [0.2, 0.25) is 0 Å². The predicted molar refractivity (Wildman–Crippen MR) is 161 cm³/mol. The number of alkyl halides is 3. The van der Waals surface area contributed by atoms with Gasteiger partial charge in [-0.1, -0.05) is 12.1 Å². The standard InChI is InChI=1S/C33H35F3N4O5/c1-43-27-11-5-23(6-12-27)29-21-30(24-7-13-28(44-2)14-8-24)40(37-29)31(41)22-39(16-15-38-17-19-45-20-18-38)32(42)25-3-9-26(10-4-25)33(34,35)36/h3-14,30H,15-22H2,1-2H3/t30-/m1/s1. The third-order valence-electron chi connectivity index (χ3n) is 7.95. The van der Waals surface area contributed by atoms with E-state index >= 15 is 0 Å². The number of rotatable bonds is 10. The molecule has 2 heterocycles. The molecule has 9 nitrogen and oxygen atoms in total. The van der Waals surface area contributed by atoms with Gasteiger partial charge in [-0.3, -0.25) is 14.5 Å². The van der Waals surface area contributed by atoms with Crippen molar-refractivity contribution in [2.45, 2.75) is 18.6 Å². The summed E-state index contributed by atoms with van der Waals surface area (Å²) in [6.45, 7) is 2.84. The Hall–Kier alpha value is -4.42. The summed E-state index contributed by atoms with van der Waals surface area (Å²) >= 11 is 0. The van der Waals surface area contributed by atoms with E-state index in [0.29, 0.717) is 56.5 Å². The van der Waals surface area contributed by atoms with Crippen molar-refractivity contribution in [1.82, 2.24) is 14.8 Å². The number of hydrogen-bond donors (Lipinski definition) is 0. The van der Waals surface area contributed by atoms with E-state index in [1.165, 1.54) is 9.91 Å². The van der Waals surface area contributed by atoms with Crippen LogP contribution in [-0.2, 0) is 15.7 Å². The molecule has 0 bridgehead atoms. The lowest BCUT2D eigenvalue weighted by atomic mass is 9.98. The molecular formula is C33H35F3N4O5. The monoisotopic (exact) mass is 624 g/mol. The van der Waals surface area contributed by atoms with Crippen LogP contribution in [0, 0.1) is 0 Å². The normalized spacial score (nSPS) is 17.1. The number of carbonyl (C=O) groups excluding carboxylic acids is 2. The highest BCUT2D eigenvalue weighted by atomic mass is 19.4. The minimum atomic E-state index is -4.53. The van der Waals surface area contributed by atoms with Crippen LogP contribution in [0.25, 0.3) is 0 Å². The third-order valence-corrected chi connectivity index (χ3v) is 7.95. The fourth-order valence-corrected chi connectivity index (χ4v) is 5.34. The van der Waals surface area contributed by atoms with Gasteiger partial charge in [-0.2, -0.15) is 18.3 Å². The maximum absolute atomic E-state index is 14.0. The molecule has 0 spiro atoms. The van der Waals surface area contributed by atoms with Gasteiger partial charge in [0, 0.05) is 38.2 Å². The number of methoxy groups -OCH3 is 2. The number of carbonyl (C=O) groups is 2. The average Bonchev–Trinajstić information content (AvgIpc) is 3.52. The molecule has 0 unspecified atom stereocenters. The summed E-state index contributed by atoms with van der Waals surface area (Å²) in [6.07, 6.45) is -4.09. The molecule has 2 amide bonds. The Morgan fingerprint density at radius 3 is 2.09 bits per heavy atom. The second-order valence-electron chi connectivity index (χ2n) is 10.8. The Morgan fingerprint density at radius 2 is 1.51 bits per heavy atom. The zero-order valence-electron chi connectivity index (χ0n) is 25.1. The minimum Gasteiger partial charge on any atom is -0.497 e. The Kier molecular flexibility index (Phi) is 10.0. The molecule has 0 radical (unpaired) electrons. The van der Waals surface area contributed by atoms with Gasteiger partial charge in [0.25, 0.3) is 11.8 Å². The summed E-state index contributed by atoms with van der Waals surface area (Å²) in [7, 11) is 3.16. The summed E-state index contributed by atoms with van der Waals surface area (Å²) < 4.78 is 55.5. The summed E-state index contributed by atoms with van der Waals surface area (Å²) in [5, 5.41) is 6.13. The molecule has 0 aromatic heterocycles. The topological polar surface area (TPSA) is 83.9 Å². The Balaban J connectivity index is 1.42. The zero-order chi connectivity index (χ0) is 32.0. The van der Waals surface area contributed by atoms with Crippen LogP contribution >= 0.6 is 0 Å². The highest BCUT2D eigenvalue weighted by molar-refractivity contribution is 6.04. The molecule has 2 aliphatic heterocycles. The third kappa shape index (κ3) is 7.81. The fraction of sp³-hybridized carbons (Fsp3) is 0.364. The highest BCUT2D eigenvalue weighted by Crippen LogP contribution is 2.34. The number of hydrogen-bond acceptors (Lipinski definition) is 7. The molecule has 0 N–H and O–H groups in total. The van der Waals surface area contributed by atoms with Gasteiger partial charge in [0.05, 0.1) is 44.8 Å². The van der Waals surface area contributed by atoms with E-state index in [4.69, 9.17) is 19.3 Å². The van der Waals surface area contributed by atoms with E-state index in [1.807, 2.05) is 48.5 Å². The lowest BCUT2D eigenvalue weighted by Crippen LogP contribution is -2.46. The van der Waals surface area contributed by atoms with Crippen LogP contribution in [0.1, 0.15) is 39.5 Å². The van der Waals surface area contributed by atoms with Crippen LogP contribution in [0.3, 0.4) is 0 Å². The maximum atomic E-state index is 14.0. The summed E-state index contributed by atoms with van der Waals surface area (Å²) in [6, 6.07) is 18.4. The molecule has 5 rings (SSSR count). The number of hydrazone groups is 1. The Morgan fingerprint density at radius 1 is 0.911 bits per heavy atom. The minimum absolute atomic E-state index is 0.0633. The fourth-order valence-electron chi connectivity index (χ4n) is 5.34. The van der Waals surface area contributed by atoms with Crippen molar-refractivity contribution < 1.29 is 37.0 Å². The van der Waals surface area contributed by atoms with Crippen LogP contribution in [0.5, 0.6) is 11.5 Å². The van der Waals surface area contributed by atoms with Gasteiger partial charge in [-0.05, 0) is 71.8 Å².